The SMILES string of the molecule is Cc1ccc(CCC(N)C2CCOC3(CCC3)C2)cc1. The van der Waals surface area contributed by atoms with Gasteiger partial charge in [-0.05, 0) is 63.4 Å². The van der Waals surface area contributed by atoms with E-state index in [2.05, 4.69) is 31.2 Å². The minimum absolute atomic E-state index is 0.227. The summed E-state index contributed by atoms with van der Waals surface area (Å²) in [5.41, 5.74) is 9.44. The number of hydrogen-bond acceptors (Lipinski definition) is 2. The maximum atomic E-state index is 6.47. The molecule has 1 heterocycles. The molecule has 2 nitrogen and oxygen atoms in total. The first kappa shape index (κ1) is 14.1. The van der Waals surface area contributed by atoms with E-state index in [0.29, 0.717) is 12.0 Å². The van der Waals surface area contributed by atoms with Gasteiger partial charge in [0.1, 0.15) is 0 Å². The summed E-state index contributed by atoms with van der Waals surface area (Å²) in [6, 6.07) is 9.19. The van der Waals surface area contributed by atoms with Gasteiger partial charge in [0.05, 0.1) is 5.60 Å². The Hall–Kier alpha value is -0.860. The Balaban J connectivity index is 1.51. The molecule has 1 aliphatic carbocycles. The van der Waals surface area contributed by atoms with Crippen molar-refractivity contribution in [1.29, 1.82) is 0 Å². The summed E-state index contributed by atoms with van der Waals surface area (Å²) >= 11 is 0. The highest BCUT2D eigenvalue weighted by Crippen LogP contribution is 2.45. The molecule has 110 valence electrons. The van der Waals surface area contributed by atoms with E-state index in [4.69, 9.17) is 10.5 Å². The van der Waals surface area contributed by atoms with Gasteiger partial charge in [0.2, 0.25) is 0 Å². The fourth-order valence-corrected chi connectivity index (χ4v) is 3.67. The molecule has 2 N–H and O–H groups in total. The first-order chi connectivity index (χ1) is 9.67. The van der Waals surface area contributed by atoms with Crippen molar-refractivity contribution in [1.82, 2.24) is 0 Å². The molecule has 2 aliphatic rings. The van der Waals surface area contributed by atoms with Crippen LogP contribution in [-0.4, -0.2) is 18.2 Å². The Morgan fingerprint density at radius 1 is 1.30 bits per heavy atom. The van der Waals surface area contributed by atoms with E-state index >= 15 is 0 Å². The molecule has 1 saturated heterocycles. The molecule has 1 spiro atoms. The summed E-state index contributed by atoms with van der Waals surface area (Å²) in [6.07, 6.45) is 8.40. The fraction of sp³-hybridized carbons (Fsp3) is 0.667. The molecular formula is C18H27NO. The number of aryl methyl sites for hydroxylation is 2. The van der Waals surface area contributed by atoms with Crippen LogP contribution in [0.5, 0.6) is 0 Å². The van der Waals surface area contributed by atoms with E-state index in [9.17, 15) is 0 Å². The molecule has 2 atom stereocenters. The Morgan fingerprint density at radius 2 is 2.05 bits per heavy atom. The predicted octanol–water partition coefficient (Wildman–Crippen LogP) is 3.60. The van der Waals surface area contributed by atoms with Gasteiger partial charge in [0.25, 0.3) is 0 Å². The maximum Gasteiger partial charge on any atom is 0.0685 e. The summed E-state index contributed by atoms with van der Waals surface area (Å²) in [4.78, 5) is 0. The fourth-order valence-electron chi connectivity index (χ4n) is 3.67. The van der Waals surface area contributed by atoms with Gasteiger partial charge in [-0.25, -0.2) is 0 Å². The van der Waals surface area contributed by atoms with Gasteiger partial charge in [-0.1, -0.05) is 29.8 Å². The van der Waals surface area contributed by atoms with Crippen LogP contribution < -0.4 is 5.73 Å². The van der Waals surface area contributed by atoms with Crippen molar-refractivity contribution in [2.45, 2.75) is 63.5 Å². The van der Waals surface area contributed by atoms with Crippen LogP contribution in [0, 0.1) is 12.8 Å². The maximum absolute atomic E-state index is 6.47. The van der Waals surface area contributed by atoms with E-state index < -0.39 is 0 Å². The van der Waals surface area contributed by atoms with Crippen molar-refractivity contribution in [2.24, 2.45) is 11.7 Å². The topological polar surface area (TPSA) is 35.2 Å². The van der Waals surface area contributed by atoms with E-state index in [1.54, 1.807) is 0 Å². The predicted molar refractivity (Wildman–Crippen MR) is 82.7 cm³/mol. The molecule has 3 rings (SSSR count). The van der Waals surface area contributed by atoms with Crippen molar-refractivity contribution in [3.8, 4) is 0 Å². The minimum Gasteiger partial charge on any atom is -0.375 e. The summed E-state index contributed by atoms with van der Waals surface area (Å²) in [5.74, 6) is 0.662. The summed E-state index contributed by atoms with van der Waals surface area (Å²) < 4.78 is 6.00. The number of nitrogens with two attached hydrogens (primary N) is 1. The third-order valence-electron chi connectivity index (χ3n) is 5.29. The van der Waals surface area contributed by atoms with Gasteiger partial charge in [-0.2, -0.15) is 0 Å². The van der Waals surface area contributed by atoms with Gasteiger partial charge < -0.3 is 10.5 Å². The second kappa shape index (κ2) is 5.87. The van der Waals surface area contributed by atoms with E-state index in [1.807, 2.05) is 0 Å². The smallest absolute Gasteiger partial charge is 0.0685 e. The standard InChI is InChI=1S/C18H27NO/c1-14-3-5-15(6-4-14)7-8-17(19)16-9-12-20-18(13-16)10-2-11-18/h3-6,16-17H,2,7-13,19H2,1H3. The van der Waals surface area contributed by atoms with Crippen molar-refractivity contribution >= 4 is 0 Å². The molecular weight excluding hydrogens is 246 g/mol. The molecule has 0 aromatic heterocycles. The molecule has 2 fully saturated rings. The molecule has 0 amide bonds. The number of hydrogen-bond donors (Lipinski definition) is 1. The average Bonchev–Trinajstić information content (AvgIpc) is 2.45. The van der Waals surface area contributed by atoms with Crippen molar-refractivity contribution in [3.05, 3.63) is 35.4 Å². The van der Waals surface area contributed by atoms with Crippen LogP contribution in [0.15, 0.2) is 24.3 Å². The lowest BCUT2D eigenvalue weighted by Crippen LogP contribution is -2.49. The van der Waals surface area contributed by atoms with Crippen LogP contribution in [-0.2, 0) is 11.2 Å². The van der Waals surface area contributed by atoms with Crippen LogP contribution >= 0.6 is 0 Å². The minimum atomic E-state index is 0.227. The highest BCUT2D eigenvalue weighted by atomic mass is 16.5. The highest BCUT2D eigenvalue weighted by Gasteiger charge is 2.43. The molecule has 0 radical (unpaired) electrons. The van der Waals surface area contributed by atoms with Crippen LogP contribution in [0.2, 0.25) is 0 Å². The number of benzene rings is 1. The van der Waals surface area contributed by atoms with Crippen LogP contribution in [0.4, 0.5) is 0 Å². The van der Waals surface area contributed by atoms with Crippen LogP contribution in [0.3, 0.4) is 0 Å². The first-order valence-electron chi connectivity index (χ1n) is 8.12. The zero-order chi connectivity index (χ0) is 14.0. The summed E-state index contributed by atoms with van der Waals surface area (Å²) in [5, 5.41) is 0. The monoisotopic (exact) mass is 273 g/mol. The van der Waals surface area contributed by atoms with Gasteiger partial charge in [-0.3, -0.25) is 0 Å². The third kappa shape index (κ3) is 3.07. The zero-order valence-electron chi connectivity index (χ0n) is 12.6. The molecule has 1 aliphatic heterocycles. The Labute approximate surface area is 122 Å². The van der Waals surface area contributed by atoms with Crippen molar-refractivity contribution < 1.29 is 4.74 Å². The second-order valence-electron chi connectivity index (χ2n) is 6.83. The van der Waals surface area contributed by atoms with Gasteiger partial charge in [0.15, 0.2) is 0 Å². The quantitative estimate of drug-likeness (QED) is 0.909. The number of rotatable bonds is 4. The van der Waals surface area contributed by atoms with Crippen molar-refractivity contribution in [3.63, 3.8) is 0 Å². The normalized spacial score (nSPS) is 26.2. The van der Waals surface area contributed by atoms with Crippen molar-refractivity contribution in [2.75, 3.05) is 6.61 Å². The largest absolute Gasteiger partial charge is 0.375 e. The molecule has 2 unspecified atom stereocenters. The molecule has 1 aromatic rings. The lowest BCUT2D eigenvalue weighted by molar-refractivity contribution is -0.146. The first-order valence-corrected chi connectivity index (χ1v) is 8.12. The van der Waals surface area contributed by atoms with Gasteiger partial charge in [0, 0.05) is 12.6 Å². The van der Waals surface area contributed by atoms with E-state index in [0.717, 1.165) is 25.9 Å². The van der Waals surface area contributed by atoms with Crippen LogP contribution in [0.25, 0.3) is 0 Å². The molecule has 1 saturated carbocycles. The summed E-state index contributed by atoms with van der Waals surface area (Å²) in [6.45, 7) is 3.05. The lowest BCUT2D eigenvalue weighted by atomic mass is 9.70. The lowest BCUT2D eigenvalue weighted by Gasteiger charge is -2.48. The van der Waals surface area contributed by atoms with Gasteiger partial charge in [-0.15, -0.1) is 0 Å². The Bertz CT molecular complexity index is 435. The molecule has 2 heteroatoms. The van der Waals surface area contributed by atoms with Crippen LogP contribution in [0.1, 0.15) is 49.7 Å². The average molecular weight is 273 g/mol. The summed E-state index contributed by atoms with van der Waals surface area (Å²) in [7, 11) is 0. The van der Waals surface area contributed by atoms with E-state index in [1.165, 1.54) is 36.8 Å². The number of ether oxygens (including phenoxy) is 1. The Kier molecular flexibility index (Phi) is 4.13. The molecule has 1 aromatic carbocycles. The molecule has 20 heavy (non-hydrogen) atoms. The zero-order valence-corrected chi connectivity index (χ0v) is 12.6. The van der Waals surface area contributed by atoms with E-state index in [-0.39, 0.29) is 5.60 Å². The third-order valence-corrected chi connectivity index (χ3v) is 5.29. The second-order valence-corrected chi connectivity index (χ2v) is 6.83. The highest BCUT2D eigenvalue weighted by molar-refractivity contribution is 5.21. The molecule has 0 bridgehead atoms. The van der Waals surface area contributed by atoms with Gasteiger partial charge >= 0.3 is 0 Å². The Morgan fingerprint density at radius 3 is 2.70 bits per heavy atom.